The van der Waals surface area contributed by atoms with E-state index in [0.717, 1.165) is 0 Å². The Morgan fingerprint density at radius 2 is 2.13 bits per heavy atom. The van der Waals surface area contributed by atoms with Crippen molar-refractivity contribution in [3.63, 3.8) is 0 Å². The number of aromatic carboxylic acids is 1. The molecule has 0 amide bonds. The molecule has 0 aromatic heterocycles. The number of halogens is 2. The van der Waals surface area contributed by atoms with Gasteiger partial charge in [0.2, 0.25) is 0 Å². The van der Waals surface area contributed by atoms with Crippen LogP contribution in [0.3, 0.4) is 0 Å². The summed E-state index contributed by atoms with van der Waals surface area (Å²) in [6.45, 7) is 1.41. The highest BCUT2D eigenvalue weighted by Gasteiger charge is 2.23. The van der Waals surface area contributed by atoms with Gasteiger partial charge in [0.05, 0.1) is 22.8 Å². The summed E-state index contributed by atoms with van der Waals surface area (Å²) in [5.74, 6) is -1.44. The van der Waals surface area contributed by atoms with Crippen LogP contribution in [-0.4, -0.2) is 11.1 Å². The van der Waals surface area contributed by atoms with E-state index in [9.17, 15) is 13.6 Å². The van der Waals surface area contributed by atoms with Gasteiger partial charge in [0.25, 0.3) is 6.43 Å². The van der Waals surface area contributed by atoms with Crippen molar-refractivity contribution in [1.29, 1.82) is 5.26 Å². The summed E-state index contributed by atoms with van der Waals surface area (Å²) in [5.41, 5.74) is -1.26. The van der Waals surface area contributed by atoms with Gasteiger partial charge in [-0.15, -0.1) is 0 Å². The first-order chi connectivity index (χ1) is 6.99. The van der Waals surface area contributed by atoms with Crippen molar-refractivity contribution in [3.8, 4) is 6.07 Å². The van der Waals surface area contributed by atoms with Gasteiger partial charge >= 0.3 is 5.97 Å². The third-order valence-corrected chi connectivity index (χ3v) is 2.01. The molecule has 0 aliphatic carbocycles. The van der Waals surface area contributed by atoms with Crippen LogP contribution in [0, 0.1) is 18.3 Å². The second-order valence-electron chi connectivity index (χ2n) is 2.94. The molecule has 0 unspecified atom stereocenters. The summed E-state index contributed by atoms with van der Waals surface area (Å²) in [6, 6.07) is 4.09. The first-order valence-corrected chi connectivity index (χ1v) is 4.04. The lowest BCUT2D eigenvalue weighted by molar-refractivity contribution is 0.0683. The van der Waals surface area contributed by atoms with Crippen LogP contribution in [0.5, 0.6) is 0 Å². The Hall–Kier alpha value is -1.96. The number of carboxylic acid groups (broad SMARTS) is 1. The Labute approximate surface area is 84.6 Å². The van der Waals surface area contributed by atoms with Crippen molar-refractivity contribution in [3.05, 3.63) is 34.4 Å². The van der Waals surface area contributed by atoms with Gasteiger partial charge in [0.1, 0.15) is 0 Å². The van der Waals surface area contributed by atoms with Crippen LogP contribution in [0.4, 0.5) is 8.78 Å². The predicted molar refractivity (Wildman–Crippen MR) is 47.8 cm³/mol. The smallest absolute Gasteiger partial charge is 0.336 e. The molecule has 0 heterocycles. The van der Waals surface area contributed by atoms with Crippen molar-refractivity contribution < 1.29 is 18.7 Å². The number of hydrogen-bond donors (Lipinski definition) is 1. The zero-order chi connectivity index (χ0) is 11.6. The lowest BCUT2D eigenvalue weighted by atomic mass is 9.97. The zero-order valence-corrected chi connectivity index (χ0v) is 7.79. The summed E-state index contributed by atoms with van der Waals surface area (Å²) >= 11 is 0. The first-order valence-electron chi connectivity index (χ1n) is 4.04. The molecule has 0 aliphatic heterocycles. The molecule has 15 heavy (non-hydrogen) atoms. The van der Waals surface area contributed by atoms with Crippen LogP contribution < -0.4 is 0 Å². The van der Waals surface area contributed by atoms with Gasteiger partial charge in [0, 0.05) is 0 Å². The van der Waals surface area contributed by atoms with Crippen molar-refractivity contribution in [1.82, 2.24) is 0 Å². The third kappa shape index (κ3) is 1.94. The summed E-state index contributed by atoms with van der Waals surface area (Å²) in [7, 11) is 0. The van der Waals surface area contributed by atoms with E-state index in [1.807, 2.05) is 0 Å². The molecule has 1 aromatic carbocycles. The summed E-state index contributed by atoms with van der Waals surface area (Å²) < 4.78 is 25.2. The molecule has 0 atom stereocenters. The normalized spacial score (nSPS) is 10.1. The fourth-order valence-corrected chi connectivity index (χ4v) is 1.34. The van der Waals surface area contributed by atoms with E-state index in [4.69, 9.17) is 10.4 Å². The number of nitriles is 1. The highest BCUT2D eigenvalue weighted by atomic mass is 19.3. The molecule has 1 N–H and O–H groups in total. The quantitative estimate of drug-likeness (QED) is 0.817. The third-order valence-electron chi connectivity index (χ3n) is 2.01. The molecule has 0 spiro atoms. The van der Waals surface area contributed by atoms with Crippen LogP contribution >= 0.6 is 0 Å². The molecule has 0 saturated carbocycles. The molecular formula is C10H7F2NO2. The van der Waals surface area contributed by atoms with Gasteiger partial charge in [-0.1, -0.05) is 6.07 Å². The number of alkyl halides is 2. The average Bonchev–Trinajstić information content (AvgIpc) is 2.16. The lowest BCUT2D eigenvalue weighted by Gasteiger charge is -2.09. The Morgan fingerprint density at radius 3 is 2.53 bits per heavy atom. The van der Waals surface area contributed by atoms with Crippen molar-refractivity contribution in [2.75, 3.05) is 0 Å². The minimum absolute atomic E-state index is 0.219. The topological polar surface area (TPSA) is 61.1 Å². The van der Waals surface area contributed by atoms with Crippen molar-refractivity contribution >= 4 is 5.97 Å². The number of nitrogens with zero attached hydrogens (tertiary/aromatic N) is 1. The number of benzene rings is 1. The second kappa shape index (κ2) is 4.05. The van der Waals surface area contributed by atoms with Crippen molar-refractivity contribution in [2.45, 2.75) is 13.3 Å². The average molecular weight is 211 g/mol. The Morgan fingerprint density at radius 1 is 1.53 bits per heavy atom. The molecule has 0 aliphatic rings. The van der Waals surface area contributed by atoms with Gasteiger partial charge in [-0.2, -0.15) is 5.26 Å². The van der Waals surface area contributed by atoms with Crippen molar-refractivity contribution in [2.24, 2.45) is 0 Å². The summed E-state index contributed by atoms with van der Waals surface area (Å²) in [5, 5.41) is 17.4. The number of rotatable bonds is 2. The van der Waals surface area contributed by atoms with E-state index in [2.05, 4.69) is 0 Å². The Balaban J connectivity index is 3.60. The van der Waals surface area contributed by atoms with E-state index in [1.54, 1.807) is 6.07 Å². The molecule has 0 bridgehead atoms. The molecule has 78 valence electrons. The SMILES string of the molecule is Cc1ccc(C#N)c(C(F)F)c1C(=O)O. The number of hydrogen-bond acceptors (Lipinski definition) is 2. The van der Waals surface area contributed by atoms with Gasteiger partial charge in [-0.25, -0.2) is 13.6 Å². The van der Waals surface area contributed by atoms with Gasteiger partial charge in [-0.05, 0) is 18.6 Å². The van der Waals surface area contributed by atoms with Crippen LogP contribution in [0.25, 0.3) is 0 Å². The lowest BCUT2D eigenvalue weighted by Crippen LogP contribution is -2.08. The standard InChI is InChI=1S/C10H7F2NO2/c1-5-2-3-6(4-13)8(9(11)12)7(5)10(14)15/h2-3,9H,1H3,(H,14,15). The molecule has 3 nitrogen and oxygen atoms in total. The monoisotopic (exact) mass is 211 g/mol. The number of carbonyl (C=O) groups is 1. The van der Waals surface area contributed by atoms with Gasteiger partial charge in [-0.3, -0.25) is 0 Å². The maximum atomic E-state index is 12.6. The number of carboxylic acids is 1. The molecule has 1 aromatic rings. The maximum absolute atomic E-state index is 12.6. The molecule has 0 fully saturated rings. The van der Waals surface area contributed by atoms with Crippen LogP contribution in [0.1, 0.15) is 33.5 Å². The summed E-state index contributed by atoms with van der Waals surface area (Å²) in [6.07, 6.45) is -2.97. The fraction of sp³-hybridized carbons (Fsp3) is 0.200. The van der Waals surface area contributed by atoms with E-state index in [-0.39, 0.29) is 11.1 Å². The Kier molecular flexibility index (Phi) is 3.00. The highest BCUT2D eigenvalue weighted by molar-refractivity contribution is 5.92. The molecular weight excluding hydrogens is 204 g/mol. The summed E-state index contributed by atoms with van der Waals surface area (Å²) in [4.78, 5) is 10.8. The number of aryl methyl sites for hydroxylation is 1. The largest absolute Gasteiger partial charge is 0.478 e. The van der Waals surface area contributed by atoms with E-state index >= 15 is 0 Å². The van der Waals surface area contributed by atoms with Crippen LogP contribution in [0.15, 0.2) is 12.1 Å². The fourth-order valence-electron chi connectivity index (χ4n) is 1.34. The molecule has 1 rings (SSSR count). The van der Waals surface area contributed by atoms with Crippen LogP contribution in [-0.2, 0) is 0 Å². The zero-order valence-electron chi connectivity index (χ0n) is 7.79. The van der Waals surface area contributed by atoms with E-state index < -0.39 is 23.5 Å². The highest BCUT2D eigenvalue weighted by Crippen LogP contribution is 2.28. The Bertz CT molecular complexity index is 449. The van der Waals surface area contributed by atoms with Crippen LogP contribution in [0.2, 0.25) is 0 Å². The van der Waals surface area contributed by atoms with E-state index in [0.29, 0.717) is 0 Å². The predicted octanol–water partition coefficient (Wildman–Crippen LogP) is 2.50. The van der Waals surface area contributed by atoms with Gasteiger partial charge in [0.15, 0.2) is 0 Å². The van der Waals surface area contributed by atoms with Gasteiger partial charge < -0.3 is 5.11 Å². The maximum Gasteiger partial charge on any atom is 0.336 e. The minimum Gasteiger partial charge on any atom is -0.478 e. The molecule has 0 radical (unpaired) electrons. The molecule has 0 saturated heterocycles. The first kappa shape index (κ1) is 11.1. The second-order valence-corrected chi connectivity index (χ2v) is 2.94. The van der Waals surface area contributed by atoms with E-state index in [1.165, 1.54) is 19.1 Å². The minimum atomic E-state index is -2.97. The molecule has 5 heteroatoms.